The number of benzene rings is 2. The van der Waals surface area contributed by atoms with E-state index in [1.54, 1.807) is 31.2 Å². The van der Waals surface area contributed by atoms with Crippen LogP contribution in [0.5, 0.6) is 0 Å². The summed E-state index contributed by atoms with van der Waals surface area (Å²) >= 11 is 6.29. The van der Waals surface area contributed by atoms with Crippen molar-refractivity contribution in [3.63, 3.8) is 0 Å². The van der Waals surface area contributed by atoms with Gasteiger partial charge in [-0.3, -0.25) is 4.79 Å². The molecule has 0 unspecified atom stereocenters. The Hall–Kier alpha value is -3.45. The van der Waals surface area contributed by atoms with Crippen LogP contribution >= 0.6 is 11.6 Å². The van der Waals surface area contributed by atoms with E-state index < -0.39 is 11.9 Å². The van der Waals surface area contributed by atoms with Crippen molar-refractivity contribution in [2.45, 2.75) is 45.1 Å². The summed E-state index contributed by atoms with van der Waals surface area (Å²) in [6.45, 7) is 1.95. The highest BCUT2D eigenvalue weighted by Gasteiger charge is 2.32. The van der Waals surface area contributed by atoms with Crippen LogP contribution in [0.3, 0.4) is 0 Å². The van der Waals surface area contributed by atoms with Crippen molar-refractivity contribution in [2.24, 2.45) is 0 Å². The number of nitrogens with zero attached hydrogens (tertiary/aromatic N) is 3. The van der Waals surface area contributed by atoms with Crippen LogP contribution in [0.4, 0.5) is 5.82 Å². The molecular formula is C26H25ClN4O3. The summed E-state index contributed by atoms with van der Waals surface area (Å²) in [7, 11) is 0. The number of rotatable bonds is 5. The molecule has 2 aromatic heterocycles. The van der Waals surface area contributed by atoms with Crippen LogP contribution in [-0.4, -0.2) is 33.0 Å². The SMILES string of the molecule is CCOC(=O)c1c(NC(=O)c2ccccc2Cl)n(C2CCCCC2)c2nc3ccccc3nc12. The van der Waals surface area contributed by atoms with Gasteiger partial charge in [-0.15, -0.1) is 0 Å². The zero-order valence-corrected chi connectivity index (χ0v) is 19.6. The molecule has 1 N–H and O–H groups in total. The van der Waals surface area contributed by atoms with E-state index in [4.69, 9.17) is 26.3 Å². The van der Waals surface area contributed by atoms with E-state index in [0.717, 1.165) is 37.6 Å². The van der Waals surface area contributed by atoms with Crippen molar-refractivity contribution < 1.29 is 14.3 Å². The highest BCUT2D eigenvalue weighted by molar-refractivity contribution is 6.34. The monoisotopic (exact) mass is 476 g/mol. The lowest BCUT2D eigenvalue weighted by Gasteiger charge is -2.26. The molecule has 0 saturated heterocycles. The number of halogens is 1. The van der Waals surface area contributed by atoms with Gasteiger partial charge in [-0.05, 0) is 44.0 Å². The van der Waals surface area contributed by atoms with E-state index >= 15 is 0 Å². The second kappa shape index (κ2) is 9.43. The molecular weight excluding hydrogens is 452 g/mol. The summed E-state index contributed by atoms with van der Waals surface area (Å²) in [5.74, 6) is -0.581. The van der Waals surface area contributed by atoms with Crippen molar-refractivity contribution in [1.29, 1.82) is 0 Å². The second-order valence-electron chi connectivity index (χ2n) is 8.42. The molecule has 0 aliphatic heterocycles. The fourth-order valence-electron chi connectivity index (χ4n) is 4.70. The molecule has 5 rings (SSSR count). The average Bonchev–Trinajstić information content (AvgIpc) is 3.16. The first kappa shape index (κ1) is 22.3. The van der Waals surface area contributed by atoms with Gasteiger partial charge in [-0.25, -0.2) is 14.8 Å². The number of fused-ring (bicyclic) bond motifs is 2. The van der Waals surface area contributed by atoms with Gasteiger partial charge in [0.1, 0.15) is 16.9 Å². The quantitative estimate of drug-likeness (QED) is 0.348. The lowest BCUT2D eigenvalue weighted by atomic mass is 9.95. The molecule has 2 heterocycles. The molecule has 0 atom stereocenters. The van der Waals surface area contributed by atoms with Gasteiger partial charge in [-0.2, -0.15) is 0 Å². The number of amides is 1. The van der Waals surface area contributed by atoms with E-state index in [1.807, 2.05) is 28.8 Å². The van der Waals surface area contributed by atoms with Crippen LogP contribution in [-0.2, 0) is 4.74 Å². The average molecular weight is 477 g/mol. The first-order valence-corrected chi connectivity index (χ1v) is 12.0. The number of carbonyl (C=O) groups is 2. The Morgan fingerprint density at radius 3 is 2.41 bits per heavy atom. The van der Waals surface area contributed by atoms with Gasteiger partial charge < -0.3 is 14.6 Å². The third-order valence-corrected chi connectivity index (χ3v) is 6.59. The third kappa shape index (κ3) is 4.01. The van der Waals surface area contributed by atoms with Crippen molar-refractivity contribution in [3.05, 3.63) is 64.7 Å². The molecule has 7 nitrogen and oxygen atoms in total. The first-order chi connectivity index (χ1) is 16.6. The summed E-state index contributed by atoms with van der Waals surface area (Å²) in [4.78, 5) is 36.2. The Morgan fingerprint density at radius 2 is 1.71 bits per heavy atom. The number of carbonyl (C=O) groups excluding carboxylic acids is 2. The number of esters is 1. The molecule has 34 heavy (non-hydrogen) atoms. The third-order valence-electron chi connectivity index (χ3n) is 6.26. The van der Waals surface area contributed by atoms with Gasteiger partial charge in [-0.1, -0.05) is 55.1 Å². The molecule has 2 aromatic carbocycles. The van der Waals surface area contributed by atoms with Crippen LogP contribution in [0.2, 0.25) is 5.02 Å². The Labute approximate surface area is 202 Å². The normalized spacial score (nSPS) is 14.4. The summed E-state index contributed by atoms with van der Waals surface area (Å²) in [6, 6.07) is 14.4. The topological polar surface area (TPSA) is 86.1 Å². The van der Waals surface area contributed by atoms with E-state index in [1.165, 1.54) is 0 Å². The summed E-state index contributed by atoms with van der Waals surface area (Å²) in [5, 5.41) is 3.31. The summed E-state index contributed by atoms with van der Waals surface area (Å²) in [6.07, 6.45) is 5.15. The lowest BCUT2D eigenvalue weighted by molar-refractivity contribution is 0.0529. The van der Waals surface area contributed by atoms with Crippen molar-refractivity contribution >= 4 is 51.5 Å². The molecule has 4 aromatic rings. The van der Waals surface area contributed by atoms with Crippen LogP contribution < -0.4 is 5.32 Å². The largest absolute Gasteiger partial charge is 0.462 e. The van der Waals surface area contributed by atoms with Crippen molar-refractivity contribution in [2.75, 3.05) is 11.9 Å². The van der Waals surface area contributed by atoms with Crippen LogP contribution in [0.15, 0.2) is 48.5 Å². The standard InChI is InChI=1S/C26H25ClN4O3/c1-2-34-26(33)21-22-24(29-20-15-9-8-14-19(20)28-22)31(16-10-4-3-5-11-16)23(21)30-25(32)17-12-6-7-13-18(17)27/h6-9,12-16H,2-5,10-11H2,1H3,(H,30,32). The van der Waals surface area contributed by atoms with Gasteiger partial charge in [0.25, 0.3) is 5.91 Å². The minimum absolute atomic E-state index is 0.0800. The summed E-state index contributed by atoms with van der Waals surface area (Å²) in [5.41, 5.74) is 2.95. The van der Waals surface area contributed by atoms with Gasteiger partial charge in [0.05, 0.1) is 28.2 Å². The number of para-hydroxylation sites is 2. The van der Waals surface area contributed by atoms with E-state index in [9.17, 15) is 9.59 Å². The van der Waals surface area contributed by atoms with Gasteiger partial charge >= 0.3 is 5.97 Å². The van der Waals surface area contributed by atoms with Gasteiger partial charge in [0, 0.05) is 6.04 Å². The Kier molecular flexibility index (Phi) is 6.20. The van der Waals surface area contributed by atoms with Crippen molar-refractivity contribution in [3.8, 4) is 0 Å². The highest BCUT2D eigenvalue weighted by atomic mass is 35.5. The van der Waals surface area contributed by atoms with Gasteiger partial charge in [0.15, 0.2) is 5.65 Å². The van der Waals surface area contributed by atoms with Crippen molar-refractivity contribution in [1.82, 2.24) is 14.5 Å². The number of nitrogens with one attached hydrogen (secondary N) is 1. The molecule has 1 saturated carbocycles. The predicted octanol–water partition coefficient (Wildman–Crippen LogP) is 6.17. The Bertz CT molecular complexity index is 1390. The van der Waals surface area contributed by atoms with E-state index in [-0.39, 0.29) is 18.2 Å². The molecule has 1 aliphatic carbocycles. The van der Waals surface area contributed by atoms with E-state index in [2.05, 4.69) is 5.32 Å². The summed E-state index contributed by atoms with van der Waals surface area (Å²) < 4.78 is 7.38. The Morgan fingerprint density at radius 1 is 1.03 bits per heavy atom. The molecule has 174 valence electrons. The second-order valence-corrected chi connectivity index (χ2v) is 8.83. The molecule has 8 heteroatoms. The zero-order chi connectivity index (χ0) is 23.7. The number of hydrogen-bond donors (Lipinski definition) is 1. The Balaban J connectivity index is 1.77. The maximum atomic E-state index is 13.3. The number of ether oxygens (including phenoxy) is 1. The maximum absolute atomic E-state index is 13.3. The fourth-order valence-corrected chi connectivity index (χ4v) is 4.92. The predicted molar refractivity (Wildman–Crippen MR) is 133 cm³/mol. The zero-order valence-electron chi connectivity index (χ0n) is 18.9. The molecule has 1 amide bonds. The minimum atomic E-state index is -0.541. The molecule has 0 spiro atoms. The number of hydrogen-bond acceptors (Lipinski definition) is 5. The molecule has 1 fully saturated rings. The molecule has 0 bridgehead atoms. The fraction of sp³-hybridized carbons (Fsp3) is 0.308. The van der Waals surface area contributed by atoms with Gasteiger partial charge in [0.2, 0.25) is 0 Å². The minimum Gasteiger partial charge on any atom is -0.462 e. The van der Waals surface area contributed by atoms with Crippen LogP contribution in [0.25, 0.3) is 22.2 Å². The molecule has 0 radical (unpaired) electrons. The maximum Gasteiger partial charge on any atom is 0.344 e. The highest BCUT2D eigenvalue weighted by Crippen LogP contribution is 2.39. The first-order valence-electron chi connectivity index (χ1n) is 11.6. The lowest BCUT2D eigenvalue weighted by Crippen LogP contribution is -2.21. The number of aromatic nitrogens is 3. The number of anilines is 1. The molecule has 1 aliphatic rings. The van der Waals surface area contributed by atoms with Crippen LogP contribution in [0.1, 0.15) is 65.8 Å². The van der Waals surface area contributed by atoms with Crippen LogP contribution in [0, 0.1) is 0 Å². The smallest absolute Gasteiger partial charge is 0.344 e. The van der Waals surface area contributed by atoms with E-state index in [0.29, 0.717) is 33.1 Å².